The van der Waals surface area contributed by atoms with Crippen LogP contribution in [0, 0.1) is 7.14 Å². The molecule has 2 rings (SSSR count). The predicted octanol–water partition coefficient (Wildman–Crippen LogP) is 8.97. The summed E-state index contributed by atoms with van der Waals surface area (Å²) in [5, 5.41) is 0. The monoisotopic (exact) mass is 588 g/mol. The lowest BCUT2D eigenvalue weighted by molar-refractivity contribution is 0.545. The van der Waals surface area contributed by atoms with Crippen LogP contribution >= 0.6 is 45.2 Å². The summed E-state index contributed by atoms with van der Waals surface area (Å²) in [5.41, 5.74) is 3.01. The van der Waals surface area contributed by atoms with Crippen molar-refractivity contribution in [1.29, 1.82) is 0 Å². The fourth-order valence-corrected chi connectivity index (χ4v) is 4.85. The first-order valence-electron chi connectivity index (χ1n) is 10.7. The number of aryl methyl sites for hydroxylation is 2. The number of hydrogen-bond donors (Lipinski definition) is 0. The molecule has 0 bridgehead atoms. The number of hydrogen-bond acceptors (Lipinski definition) is 0. The first-order chi connectivity index (χ1) is 13.2. The van der Waals surface area contributed by atoms with Crippen molar-refractivity contribution >= 4 is 45.2 Å². The molecule has 0 aliphatic carbocycles. The average molecular weight is 588 g/mol. The Labute approximate surface area is 194 Å². The third kappa shape index (κ3) is 11.5. The van der Waals surface area contributed by atoms with Crippen molar-refractivity contribution < 1.29 is 0 Å². The van der Waals surface area contributed by atoms with Gasteiger partial charge < -0.3 is 0 Å². The predicted molar refractivity (Wildman–Crippen MR) is 137 cm³/mol. The Balaban J connectivity index is 1.33. The van der Waals surface area contributed by atoms with Crippen LogP contribution in [0.15, 0.2) is 48.5 Å². The molecule has 0 saturated carbocycles. The molecule has 0 aliphatic rings. The van der Waals surface area contributed by atoms with Gasteiger partial charge in [-0.05, 0) is 106 Å². The molecule has 2 aromatic rings. The van der Waals surface area contributed by atoms with E-state index in [0.717, 1.165) is 0 Å². The van der Waals surface area contributed by atoms with Crippen molar-refractivity contribution in [3.05, 3.63) is 66.8 Å². The van der Waals surface area contributed by atoms with Crippen molar-refractivity contribution in [2.24, 2.45) is 0 Å². The summed E-state index contributed by atoms with van der Waals surface area (Å²) in [4.78, 5) is 0. The number of rotatable bonds is 14. The zero-order chi connectivity index (χ0) is 19.2. The molecule has 0 fully saturated rings. The first kappa shape index (κ1) is 23.2. The smallest absolute Gasteiger partial charge is 0.0133 e. The van der Waals surface area contributed by atoms with E-state index in [9.17, 15) is 0 Å². The minimum absolute atomic E-state index is 1.25. The number of benzene rings is 2. The fourth-order valence-electron chi connectivity index (χ4n) is 3.63. The summed E-state index contributed by atoms with van der Waals surface area (Å²) in [5.74, 6) is 0. The van der Waals surface area contributed by atoms with Crippen molar-refractivity contribution in [2.45, 2.75) is 83.5 Å². The molecule has 0 aromatic heterocycles. The molecular formula is C25H34I2. The Kier molecular flexibility index (Phi) is 12.7. The Hall–Kier alpha value is -0.100. The maximum absolute atomic E-state index is 2.41. The molecule has 0 aliphatic heterocycles. The normalized spacial score (nSPS) is 11.0. The zero-order valence-corrected chi connectivity index (χ0v) is 20.9. The molecule has 0 amide bonds. The second-order valence-electron chi connectivity index (χ2n) is 7.65. The highest BCUT2D eigenvalue weighted by molar-refractivity contribution is 14.1. The van der Waals surface area contributed by atoms with Crippen LogP contribution in [-0.2, 0) is 12.8 Å². The van der Waals surface area contributed by atoms with Crippen LogP contribution < -0.4 is 0 Å². The summed E-state index contributed by atoms with van der Waals surface area (Å²) in [6.45, 7) is 0. The van der Waals surface area contributed by atoms with E-state index in [4.69, 9.17) is 0 Å². The second kappa shape index (κ2) is 14.8. The Morgan fingerprint density at radius 1 is 0.444 bits per heavy atom. The van der Waals surface area contributed by atoms with Gasteiger partial charge in [-0.25, -0.2) is 0 Å². The van der Waals surface area contributed by atoms with Gasteiger partial charge in [0.25, 0.3) is 0 Å². The maximum atomic E-state index is 2.41. The van der Waals surface area contributed by atoms with Crippen molar-refractivity contribution in [2.75, 3.05) is 0 Å². The van der Waals surface area contributed by atoms with Gasteiger partial charge >= 0.3 is 0 Å². The van der Waals surface area contributed by atoms with Gasteiger partial charge in [0.15, 0.2) is 0 Å². The third-order valence-corrected chi connectivity index (χ3v) is 6.55. The lowest BCUT2D eigenvalue weighted by atomic mass is 10.0. The van der Waals surface area contributed by atoms with Gasteiger partial charge in [-0.1, -0.05) is 82.1 Å². The van der Waals surface area contributed by atoms with Crippen LogP contribution in [0.25, 0.3) is 0 Å². The average Bonchev–Trinajstić information content (AvgIpc) is 2.65. The second-order valence-corrected chi connectivity index (χ2v) is 10.1. The Bertz CT molecular complexity index is 580. The van der Waals surface area contributed by atoms with Crippen LogP contribution in [0.4, 0.5) is 0 Å². The quantitative estimate of drug-likeness (QED) is 0.153. The third-order valence-electron chi connectivity index (χ3n) is 5.21. The van der Waals surface area contributed by atoms with Crippen molar-refractivity contribution in [3.8, 4) is 0 Å². The lowest BCUT2D eigenvalue weighted by Crippen LogP contribution is -1.88. The lowest BCUT2D eigenvalue weighted by Gasteiger charge is -2.04. The summed E-state index contributed by atoms with van der Waals surface area (Å²) >= 11 is 4.81. The SMILES string of the molecule is Ic1cccc(CCCCCCCCCCCCCc2cccc(I)c2)c1. The van der Waals surface area contributed by atoms with E-state index in [1.807, 2.05) is 0 Å². The van der Waals surface area contributed by atoms with Gasteiger partial charge in [0.2, 0.25) is 0 Å². The highest BCUT2D eigenvalue weighted by Crippen LogP contribution is 2.15. The topological polar surface area (TPSA) is 0 Å². The molecule has 0 heterocycles. The standard InChI is InChI=1S/C25H34I2/c26-24-18-12-16-22(20-24)14-10-8-6-4-2-1-3-5-7-9-11-15-23-17-13-19-25(27)21-23/h12-13,16-21H,1-11,14-15H2. The van der Waals surface area contributed by atoms with Gasteiger partial charge in [0.1, 0.15) is 0 Å². The van der Waals surface area contributed by atoms with Crippen LogP contribution in [-0.4, -0.2) is 0 Å². The van der Waals surface area contributed by atoms with E-state index in [0.29, 0.717) is 0 Å². The molecule has 0 saturated heterocycles. The molecule has 0 atom stereocenters. The molecule has 2 heteroatoms. The minimum Gasteiger partial charge on any atom is -0.0609 e. The molecule has 0 nitrogen and oxygen atoms in total. The van der Waals surface area contributed by atoms with Crippen LogP contribution in [0.1, 0.15) is 81.8 Å². The summed E-state index contributed by atoms with van der Waals surface area (Å²) in [6, 6.07) is 17.9. The maximum Gasteiger partial charge on any atom is 0.0133 e. The molecule has 148 valence electrons. The number of halogens is 2. The van der Waals surface area contributed by atoms with Crippen LogP contribution in [0.5, 0.6) is 0 Å². The molecule has 2 aromatic carbocycles. The number of unbranched alkanes of at least 4 members (excludes halogenated alkanes) is 10. The van der Waals surface area contributed by atoms with Crippen molar-refractivity contribution in [1.82, 2.24) is 0 Å². The van der Waals surface area contributed by atoms with E-state index in [1.54, 1.807) is 0 Å². The van der Waals surface area contributed by atoms with E-state index in [-0.39, 0.29) is 0 Å². The van der Waals surface area contributed by atoms with Crippen molar-refractivity contribution in [3.63, 3.8) is 0 Å². The van der Waals surface area contributed by atoms with Crippen LogP contribution in [0.2, 0.25) is 0 Å². The largest absolute Gasteiger partial charge is 0.0609 e. The molecule has 27 heavy (non-hydrogen) atoms. The summed E-state index contributed by atoms with van der Waals surface area (Å²) < 4.78 is 2.72. The fraction of sp³-hybridized carbons (Fsp3) is 0.520. The minimum atomic E-state index is 1.25. The van der Waals surface area contributed by atoms with E-state index in [1.165, 1.54) is 102 Å². The Morgan fingerprint density at radius 2 is 0.778 bits per heavy atom. The van der Waals surface area contributed by atoms with Gasteiger partial charge in [-0.15, -0.1) is 0 Å². The van der Waals surface area contributed by atoms with E-state index >= 15 is 0 Å². The van der Waals surface area contributed by atoms with Gasteiger partial charge in [-0.2, -0.15) is 0 Å². The summed E-state index contributed by atoms with van der Waals surface area (Å²) in [6.07, 6.45) is 18.0. The van der Waals surface area contributed by atoms with E-state index in [2.05, 4.69) is 93.7 Å². The van der Waals surface area contributed by atoms with Gasteiger partial charge in [0.05, 0.1) is 0 Å². The van der Waals surface area contributed by atoms with E-state index < -0.39 is 0 Å². The molecule has 0 N–H and O–H groups in total. The highest BCUT2D eigenvalue weighted by atomic mass is 127. The molecular weight excluding hydrogens is 554 g/mol. The van der Waals surface area contributed by atoms with Gasteiger partial charge in [0, 0.05) is 7.14 Å². The zero-order valence-electron chi connectivity index (χ0n) is 16.6. The summed E-state index contributed by atoms with van der Waals surface area (Å²) in [7, 11) is 0. The highest BCUT2D eigenvalue weighted by Gasteiger charge is 1.97. The molecule has 0 unspecified atom stereocenters. The van der Waals surface area contributed by atoms with Gasteiger partial charge in [-0.3, -0.25) is 0 Å². The van der Waals surface area contributed by atoms with Crippen LogP contribution in [0.3, 0.4) is 0 Å². The Morgan fingerprint density at radius 3 is 1.11 bits per heavy atom. The molecule has 0 spiro atoms. The molecule has 0 radical (unpaired) electrons. The first-order valence-corrected chi connectivity index (χ1v) is 12.9.